The van der Waals surface area contributed by atoms with E-state index in [-0.39, 0.29) is 24.8 Å². The number of rotatable bonds is 8. The van der Waals surface area contributed by atoms with Crippen LogP contribution in [0.1, 0.15) is 13.8 Å². The van der Waals surface area contributed by atoms with E-state index in [1.54, 1.807) is 13.8 Å². The predicted octanol–water partition coefficient (Wildman–Crippen LogP) is -2.25. The van der Waals surface area contributed by atoms with Gasteiger partial charge in [0, 0.05) is 6.54 Å². The first-order chi connectivity index (χ1) is 8.69. The molecule has 0 rings (SSSR count). The topological polar surface area (TPSA) is 130 Å². The lowest BCUT2D eigenvalue weighted by atomic mass is 10.1. The molecule has 0 aliphatic rings. The molecule has 0 aromatic rings. The quantitative estimate of drug-likeness (QED) is 0.402. The van der Waals surface area contributed by atoms with Crippen LogP contribution in [-0.2, 0) is 19.6 Å². The van der Waals surface area contributed by atoms with Crippen molar-refractivity contribution in [2.75, 3.05) is 25.9 Å². The van der Waals surface area contributed by atoms with Gasteiger partial charge in [0.25, 0.3) is 0 Å². The van der Waals surface area contributed by atoms with Crippen LogP contribution in [0.5, 0.6) is 0 Å². The molecule has 9 heteroatoms. The molecule has 0 heterocycles. The highest BCUT2D eigenvalue weighted by Crippen LogP contribution is 1.97. The number of carbonyl (C=O) groups excluding carboxylic acids is 2. The molecule has 1 atom stereocenters. The molecule has 112 valence electrons. The van der Waals surface area contributed by atoms with Crippen molar-refractivity contribution in [2.24, 2.45) is 11.7 Å². The molecular weight excluding hydrogens is 272 g/mol. The molecular formula is C10H22N4O4S. The molecule has 8 nitrogen and oxygen atoms in total. The molecule has 5 N–H and O–H groups in total. The van der Waals surface area contributed by atoms with Crippen molar-refractivity contribution < 1.29 is 18.0 Å². The number of nitrogens with one attached hydrogen (secondary N) is 3. The van der Waals surface area contributed by atoms with Crippen LogP contribution in [0.3, 0.4) is 0 Å². The molecule has 2 amide bonds. The van der Waals surface area contributed by atoms with Crippen LogP contribution in [0.25, 0.3) is 0 Å². The summed E-state index contributed by atoms with van der Waals surface area (Å²) in [5.41, 5.74) is 5.59. The van der Waals surface area contributed by atoms with Crippen molar-refractivity contribution in [3.63, 3.8) is 0 Å². The van der Waals surface area contributed by atoms with Gasteiger partial charge < -0.3 is 16.4 Å². The summed E-state index contributed by atoms with van der Waals surface area (Å²) in [6, 6.07) is -0.669. The molecule has 0 saturated carbocycles. The van der Waals surface area contributed by atoms with E-state index in [0.717, 1.165) is 0 Å². The Balaban J connectivity index is 3.92. The van der Waals surface area contributed by atoms with Gasteiger partial charge in [-0.15, -0.1) is 0 Å². The third kappa shape index (κ3) is 7.75. The Morgan fingerprint density at radius 3 is 2.26 bits per heavy atom. The summed E-state index contributed by atoms with van der Waals surface area (Å²) < 4.78 is 24.3. The molecule has 0 aliphatic carbocycles. The van der Waals surface area contributed by atoms with Gasteiger partial charge in [-0.1, -0.05) is 13.8 Å². The Hall–Kier alpha value is -1.19. The molecule has 0 aromatic carbocycles. The first-order valence-corrected chi connectivity index (χ1v) is 7.56. The van der Waals surface area contributed by atoms with E-state index in [4.69, 9.17) is 5.73 Å². The van der Waals surface area contributed by atoms with Crippen molar-refractivity contribution in [2.45, 2.75) is 19.9 Å². The SMILES string of the molecule is CNS(=O)(=O)CCNC(=O)CNC(=O)[C@@H](N)C(C)C. The maximum atomic E-state index is 11.4. The minimum atomic E-state index is -3.34. The third-order valence-electron chi connectivity index (χ3n) is 2.45. The summed E-state index contributed by atoms with van der Waals surface area (Å²) in [5.74, 6) is -1.11. The Morgan fingerprint density at radius 1 is 1.21 bits per heavy atom. The lowest BCUT2D eigenvalue weighted by Gasteiger charge is -2.15. The van der Waals surface area contributed by atoms with Gasteiger partial charge in [-0.25, -0.2) is 13.1 Å². The number of amides is 2. The lowest BCUT2D eigenvalue weighted by molar-refractivity contribution is -0.127. The van der Waals surface area contributed by atoms with Crippen LogP contribution in [-0.4, -0.2) is 52.2 Å². The summed E-state index contributed by atoms with van der Waals surface area (Å²) in [4.78, 5) is 22.8. The molecule has 0 saturated heterocycles. The van der Waals surface area contributed by atoms with Crippen LogP contribution in [0.2, 0.25) is 0 Å². The summed E-state index contributed by atoms with van der Waals surface area (Å²) in [6.45, 7) is 3.35. The van der Waals surface area contributed by atoms with Crippen molar-refractivity contribution in [3.05, 3.63) is 0 Å². The van der Waals surface area contributed by atoms with Crippen LogP contribution in [0.4, 0.5) is 0 Å². The van der Waals surface area contributed by atoms with E-state index in [9.17, 15) is 18.0 Å². The minimum Gasteiger partial charge on any atom is -0.353 e. The monoisotopic (exact) mass is 294 g/mol. The van der Waals surface area contributed by atoms with Crippen LogP contribution in [0.15, 0.2) is 0 Å². The zero-order chi connectivity index (χ0) is 15.1. The largest absolute Gasteiger partial charge is 0.353 e. The molecule has 0 unspecified atom stereocenters. The lowest BCUT2D eigenvalue weighted by Crippen LogP contribution is -2.47. The van der Waals surface area contributed by atoms with E-state index < -0.39 is 27.9 Å². The Labute approximate surface area is 113 Å². The van der Waals surface area contributed by atoms with E-state index >= 15 is 0 Å². The summed E-state index contributed by atoms with van der Waals surface area (Å²) in [6.07, 6.45) is 0. The second-order valence-corrected chi connectivity index (χ2v) is 6.41. The van der Waals surface area contributed by atoms with Gasteiger partial charge in [-0.3, -0.25) is 9.59 Å². The maximum absolute atomic E-state index is 11.4. The van der Waals surface area contributed by atoms with E-state index in [0.29, 0.717) is 0 Å². The van der Waals surface area contributed by atoms with Crippen LogP contribution < -0.4 is 21.1 Å². The molecule has 19 heavy (non-hydrogen) atoms. The van der Waals surface area contributed by atoms with Gasteiger partial charge in [0.1, 0.15) is 0 Å². The highest BCUT2D eigenvalue weighted by molar-refractivity contribution is 7.89. The highest BCUT2D eigenvalue weighted by Gasteiger charge is 2.17. The first kappa shape index (κ1) is 17.8. The molecule has 0 aliphatic heterocycles. The Bertz CT molecular complexity index is 408. The number of sulfonamides is 1. The van der Waals surface area contributed by atoms with Crippen LogP contribution >= 0.6 is 0 Å². The van der Waals surface area contributed by atoms with Crippen molar-refractivity contribution >= 4 is 21.8 Å². The normalized spacial score (nSPS) is 13.1. The number of nitrogens with two attached hydrogens (primary N) is 1. The zero-order valence-corrected chi connectivity index (χ0v) is 12.2. The Kier molecular flexibility index (Phi) is 7.57. The van der Waals surface area contributed by atoms with Gasteiger partial charge in [-0.05, 0) is 13.0 Å². The standard InChI is InChI=1S/C10H22N4O4S/c1-7(2)9(11)10(16)14-6-8(15)13-4-5-19(17,18)12-3/h7,9,12H,4-6,11H2,1-3H3,(H,13,15)(H,14,16)/t9-/m0/s1. The van der Waals surface area contributed by atoms with E-state index in [1.165, 1.54) is 7.05 Å². The second-order valence-electron chi connectivity index (χ2n) is 4.36. The van der Waals surface area contributed by atoms with Gasteiger partial charge in [0.05, 0.1) is 18.3 Å². The summed E-state index contributed by atoms with van der Waals surface area (Å²) in [5, 5.41) is 4.77. The average molecular weight is 294 g/mol. The van der Waals surface area contributed by atoms with Gasteiger partial charge >= 0.3 is 0 Å². The smallest absolute Gasteiger partial charge is 0.239 e. The van der Waals surface area contributed by atoms with Gasteiger partial charge in [0.2, 0.25) is 21.8 Å². The predicted molar refractivity (Wildman–Crippen MR) is 71.7 cm³/mol. The van der Waals surface area contributed by atoms with E-state index in [2.05, 4.69) is 15.4 Å². The average Bonchev–Trinajstić information content (AvgIpc) is 2.34. The third-order valence-corrected chi connectivity index (χ3v) is 3.81. The van der Waals surface area contributed by atoms with Crippen molar-refractivity contribution in [3.8, 4) is 0 Å². The van der Waals surface area contributed by atoms with Crippen molar-refractivity contribution in [1.82, 2.24) is 15.4 Å². The fourth-order valence-corrected chi connectivity index (χ4v) is 1.65. The van der Waals surface area contributed by atoms with Gasteiger partial charge in [-0.2, -0.15) is 0 Å². The number of carbonyl (C=O) groups is 2. The number of hydrogen-bond acceptors (Lipinski definition) is 5. The summed E-state index contributed by atoms with van der Waals surface area (Å²) >= 11 is 0. The molecule has 0 spiro atoms. The molecule has 0 aromatic heterocycles. The number of hydrogen-bond donors (Lipinski definition) is 4. The first-order valence-electron chi connectivity index (χ1n) is 5.91. The fraction of sp³-hybridized carbons (Fsp3) is 0.800. The molecule has 0 bridgehead atoms. The van der Waals surface area contributed by atoms with Crippen molar-refractivity contribution in [1.29, 1.82) is 0 Å². The maximum Gasteiger partial charge on any atom is 0.239 e. The van der Waals surface area contributed by atoms with Crippen LogP contribution in [0, 0.1) is 5.92 Å². The Morgan fingerprint density at radius 2 is 1.79 bits per heavy atom. The second kappa shape index (κ2) is 8.08. The zero-order valence-electron chi connectivity index (χ0n) is 11.4. The highest BCUT2D eigenvalue weighted by atomic mass is 32.2. The van der Waals surface area contributed by atoms with E-state index in [1.807, 2.05) is 0 Å². The fourth-order valence-electron chi connectivity index (χ4n) is 1.08. The molecule has 0 fully saturated rings. The summed E-state index contributed by atoms with van der Waals surface area (Å²) in [7, 11) is -2.05. The molecule has 0 radical (unpaired) electrons. The minimum absolute atomic E-state index is 0.0197. The van der Waals surface area contributed by atoms with Gasteiger partial charge in [0.15, 0.2) is 0 Å².